The predicted octanol–water partition coefficient (Wildman–Crippen LogP) is 2.79. The van der Waals surface area contributed by atoms with E-state index in [1.54, 1.807) is 25.3 Å². The first-order chi connectivity index (χ1) is 11.1. The largest absolute Gasteiger partial charge is 0.462 e. The maximum atomic E-state index is 12.1. The summed E-state index contributed by atoms with van der Waals surface area (Å²) in [6.07, 6.45) is 4.81. The summed E-state index contributed by atoms with van der Waals surface area (Å²) in [5.41, 5.74) is 4.01. The summed E-state index contributed by atoms with van der Waals surface area (Å²) in [7, 11) is 1.99. The molecule has 1 unspecified atom stereocenters. The predicted molar refractivity (Wildman–Crippen MR) is 87.4 cm³/mol. The van der Waals surface area contributed by atoms with Gasteiger partial charge in [0.05, 0.1) is 18.3 Å². The molecule has 6 heteroatoms. The smallest absolute Gasteiger partial charge is 0.341 e. The number of aryl methyl sites for hydroxylation is 2. The summed E-state index contributed by atoms with van der Waals surface area (Å²) in [4.78, 5) is 16.5. The van der Waals surface area contributed by atoms with Crippen LogP contribution in [0.2, 0.25) is 0 Å². The Morgan fingerprint density at radius 3 is 3.13 bits per heavy atom. The number of pyridine rings is 1. The molecule has 0 aliphatic heterocycles. The highest BCUT2D eigenvalue weighted by Gasteiger charge is 2.27. The molecule has 2 aromatic heterocycles. The van der Waals surface area contributed by atoms with Gasteiger partial charge in [-0.15, -0.1) is 0 Å². The van der Waals surface area contributed by atoms with Crippen molar-refractivity contribution in [3.05, 3.63) is 40.8 Å². The van der Waals surface area contributed by atoms with Gasteiger partial charge in [0, 0.05) is 24.5 Å². The van der Waals surface area contributed by atoms with Crippen LogP contribution in [0.25, 0.3) is 0 Å². The number of esters is 1. The molecule has 0 fully saturated rings. The number of ether oxygens (including phenoxy) is 1. The van der Waals surface area contributed by atoms with Gasteiger partial charge in [0.25, 0.3) is 0 Å². The number of fused-ring (bicyclic) bond motifs is 1. The fourth-order valence-electron chi connectivity index (χ4n) is 3.29. The van der Waals surface area contributed by atoms with E-state index in [-0.39, 0.29) is 12.0 Å². The molecule has 1 aliphatic rings. The molecule has 0 bridgehead atoms. The van der Waals surface area contributed by atoms with Gasteiger partial charge in [0.2, 0.25) is 0 Å². The number of nitrogens with one attached hydrogen (secondary N) is 1. The molecule has 0 radical (unpaired) electrons. The molecule has 2 aromatic rings. The van der Waals surface area contributed by atoms with Crippen LogP contribution in [0, 0.1) is 6.92 Å². The minimum Gasteiger partial charge on any atom is -0.462 e. The molecular formula is C17H22N4O2. The van der Waals surface area contributed by atoms with Crippen molar-refractivity contribution in [2.24, 2.45) is 7.05 Å². The number of carbonyl (C=O) groups is 1. The average Bonchev–Trinajstić information content (AvgIpc) is 2.84. The molecule has 6 nitrogen and oxygen atoms in total. The minimum absolute atomic E-state index is 0.121. The molecule has 2 heterocycles. The third-order valence-corrected chi connectivity index (χ3v) is 4.26. The number of nitrogens with zero attached hydrogens (tertiary/aromatic N) is 3. The second kappa shape index (κ2) is 6.40. The van der Waals surface area contributed by atoms with Crippen LogP contribution in [-0.2, 0) is 18.2 Å². The van der Waals surface area contributed by atoms with Crippen LogP contribution in [0.4, 0.5) is 5.82 Å². The summed E-state index contributed by atoms with van der Waals surface area (Å²) >= 11 is 0. The summed E-state index contributed by atoms with van der Waals surface area (Å²) in [6, 6.07) is 3.61. The van der Waals surface area contributed by atoms with Crippen molar-refractivity contribution in [3.8, 4) is 0 Å². The van der Waals surface area contributed by atoms with Crippen LogP contribution in [0.15, 0.2) is 18.3 Å². The van der Waals surface area contributed by atoms with Crippen LogP contribution in [0.1, 0.15) is 53.1 Å². The second-order valence-electron chi connectivity index (χ2n) is 5.78. The Morgan fingerprint density at radius 2 is 2.35 bits per heavy atom. The lowest BCUT2D eigenvalue weighted by atomic mass is 9.91. The summed E-state index contributed by atoms with van der Waals surface area (Å²) in [5.74, 6) is 0.231. The third kappa shape index (κ3) is 2.93. The highest BCUT2D eigenvalue weighted by molar-refractivity contribution is 5.94. The number of hydrogen-bond donors (Lipinski definition) is 1. The number of hydrogen-bond acceptors (Lipinski definition) is 5. The molecule has 0 saturated heterocycles. The van der Waals surface area contributed by atoms with E-state index in [2.05, 4.69) is 15.4 Å². The number of aromatic nitrogens is 3. The first-order valence-corrected chi connectivity index (χ1v) is 8.02. The maximum absolute atomic E-state index is 12.1. The summed E-state index contributed by atoms with van der Waals surface area (Å²) < 4.78 is 7.08. The molecule has 122 valence electrons. The minimum atomic E-state index is -0.345. The number of rotatable bonds is 4. The van der Waals surface area contributed by atoms with E-state index in [0.717, 1.165) is 25.0 Å². The maximum Gasteiger partial charge on any atom is 0.341 e. The van der Waals surface area contributed by atoms with Gasteiger partial charge in [-0.05, 0) is 45.2 Å². The fraction of sp³-hybridized carbons (Fsp3) is 0.471. The molecule has 0 aromatic carbocycles. The van der Waals surface area contributed by atoms with Gasteiger partial charge in [-0.1, -0.05) is 0 Å². The summed E-state index contributed by atoms with van der Waals surface area (Å²) in [5, 5.41) is 7.97. The van der Waals surface area contributed by atoms with Gasteiger partial charge in [-0.2, -0.15) is 5.10 Å². The Balaban J connectivity index is 1.91. The Kier molecular flexibility index (Phi) is 4.32. The first kappa shape index (κ1) is 15.5. The van der Waals surface area contributed by atoms with Crippen molar-refractivity contribution < 1.29 is 9.53 Å². The van der Waals surface area contributed by atoms with E-state index in [9.17, 15) is 4.79 Å². The average molecular weight is 314 g/mol. The summed E-state index contributed by atoms with van der Waals surface area (Å²) in [6.45, 7) is 4.18. The van der Waals surface area contributed by atoms with Crippen LogP contribution in [0.5, 0.6) is 0 Å². The van der Waals surface area contributed by atoms with E-state index >= 15 is 0 Å². The quantitative estimate of drug-likeness (QED) is 0.879. The van der Waals surface area contributed by atoms with E-state index in [4.69, 9.17) is 4.74 Å². The van der Waals surface area contributed by atoms with Crippen LogP contribution in [-0.4, -0.2) is 27.3 Å². The van der Waals surface area contributed by atoms with Gasteiger partial charge in [0.15, 0.2) is 0 Å². The van der Waals surface area contributed by atoms with E-state index < -0.39 is 0 Å². The van der Waals surface area contributed by atoms with Gasteiger partial charge in [0.1, 0.15) is 11.4 Å². The number of anilines is 1. The van der Waals surface area contributed by atoms with E-state index in [1.165, 1.54) is 11.3 Å². The Bertz CT molecular complexity index is 723. The Hall–Kier alpha value is -2.37. The molecule has 0 saturated carbocycles. The third-order valence-electron chi connectivity index (χ3n) is 4.26. The SMILES string of the molecule is CCOC(=O)c1cccnc1NC1CCCc2c1c(C)nn2C. The zero-order valence-electron chi connectivity index (χ0n) is 13.8. The first-order valence-electron chi connectivity index (χ1n) is 8.02. The molecule has 23 heavy (non-hydrogen) atoms. The molecule has 3 rings (SSSR count). The zero-order valence-corrected chi connectivity index (χ0v) is 13.8. The fourth-order valence-corrected chi connectivity index (χ4v) is 3.29. The van der Waals surface area contributed by atoms with Gasteiger partial charge in [-0.3, -0.25) is 4.68 Å². The second-order valence-corrected chi connectivity index (χ2v) is 5.78. The van der Waals surface area contributed by atoms with Gasteiger partial charge in [-0.25, -0.2) is 9.78 Å². The molecule has 0 amide bonds. The van der Waals surface area contributed by atoms with E-state index in [0.29, 0.717) is 18.0 Å². The monoisotopic (exact) mass is 314 g/mol. The van der Waals surface area contributed by atoms with Crippen molar-refractivity contribution in [2.75, 3.05) is 11.9 Å². The van der Waals surface area contributed by atoms with Crippen LogP contribution in [0.3, 0.4) is 0 Å². The lowest BCUT2D eigenvalue weighted by Crippen LogP contribution is -2.20. The molecule has 1 aliphatic carbocycles. The van der Waals surface area contributed by atoms with Gasteiger partial charge < -0.3 is 10.1 Å². The molecule has 1 atom stereocenters. The highest BCUT2D eigenvalue weighted by Crippen LogP contribution is 2.34. The lowest BCUT2D eigenvalue weighted by molar-refractivity contribution is 0.0527. The normalized spacial score (nSPS) is 16.7. The van der Waals surface area contributed by atoms with Crippen molar-refractivity contribution in [1.29, 1.82) is 0 Å². The van der Waals surface area contributed by atoms with E-state index in [1.807, 2.05) is 18.7 Å². The standard InChI is InChI=1S/C17H22N4O2/c1-4-23-17(22)12-7-6-10-18-16(12)19-13-8-5-9-14-15(13)11(2)20-21(14)3/h6-7,10,13H,4-5,8-9H2,1-3H3,(H,18,19). The zero-order chi connectivity index (χ0) is 16.4. The van der Waals surface area contributed by atoms with Crippen molar-refractivity contribution in [1.82, 2.24) is 14.8 Å². The van der Waals surface area contributed by atoms with Crippen molar-refractivity contribution in [3.63, 3.8) is 0 Å². The molecule has 1 N–H and O–H groups in total. The Labute approximate surface area is 135 Å². The lowest BCUT2D eigenvalue weighted by Gasteiger charge is -2.25. The number of carbonyl (C=O) groups excluding carboxylic acids is 1. The molecule has 0 spiro atoms. The van der Waals surface area contributed by atoms with Crippen molar-refractivity contribution in [2.45, 2.75) is 39.2 Å². The van der Waals surface area contributed by atoms with Gasteiger partial charge >= 0.3 is 5.97 Å². The highest BCUT2D eigenvalue weighted by atomic mass is 16.5. The van der Waals surface area contributed by atoms with Crippen LogP contribution >= 0.6 is 0 Å². The topological polar surface area (TPSA) is 69.0 Å². The van der Waals surface area contributed by atoms with Crippen molar-refractivity contribution >= 4 is 11.8 Å². The Morgan fingerprint density at radius 1 is 1.52 bits per heavy atom. The molecular weight excluding hydrogens is 292 g/mol. The van der Waals surface area contributed by atoms with Crippen LogP contribution < -0.4 is 5.32 Å².